The van der Waals surface area contributed by atoms with Crippen LogP contribution in [0.1, 0.15) is 47.0 Å². The van der Waals surface area contributed by atoms with Crippen molar-refractivity contribution in [2.24, 2.45) is 0 Å². The SMILES string of the molecule is CCCNC/C=C(\C)CCC=C(C)C. The Bertz CT molecular complexity index is 185. The van der Waals surface area contributed by atoms with Crippen molar-refractivity contribution in [3.05, 3.63) is 23.3 Å². The van der Waals surface area contributed by atoms with E-state index in [0.29, 0.717) is 0 Å². The maximum absolute atomic E-state index is 3.37. The van der Waals surface area contributed by atoms with Crippen LogP contribution in [0, 0.1) is 0 Å². The summed E-state index contributed by atoms with van der Waals surface area (Å²) in [6.45, 7) is 10.9. The van der Waals surface area contributed by atoms with Crippen LogP contribution in [0.2, 0.25) is 0 Å². The molecule has 1 N–H and O–H groups in total. The fourth-order valence-electron chi connectivity index (χ4n) is 1.22. The minimum atomic E-state index is 1.02. The molecule has 0 unspecified atom stereocenters. The Morgan fingerprint density at radius 2 is 1.86 bits per heavy atom. The molecule has 0 aliphatic heterocycles. The van der Waals surface area contributed by atoms with Gasteiger partial charge in [0.1, 0.15) is 0 Å². The third kappa shape index (κ3) is 9.53. The Morgan fingerprint density at radius 3 is 2.43 bits per heavy atom. The fourth-order valence-corrected chi connectivity index (χ4v) is 1.22. The van der Waals surface area contributed by atoms with Crippen LogP contribution < -0.4 is 5.32 Å². The summed E-state index contributed by atoms with van der Waals surface area (Å²) >= 11 is 0. The first kappa shape index (κ1) is 13.4. The summed E-state index contributed by atoms with van der Waals surface area (Å²) in [5.74, 6) is 0. The van der Waals surface area contributed by atoms with Gasteiger partial charge in [-0.15, -0.1) is 0 Å². The van der Waals surface area contributed by atoms with Crippen LogP contribution in [-0.2, 0) is 0 Å². The van der Waals surface area contributed by atoms with E-state index >= 15 is 0 Å². The largest absolute Gasteiger partial charge is 0.313 e. The van der Waals surface area contributed by atoms with Gasteiger partial charge in [-0.25, -0.2) is 0 Å². The average Bonchev–Trinajstić information content (AvgIpc) is 2.12. The summed E-state index contributed by atoms with van der Waals surface area (Å²) in [7, 11) is 0. The summed E-state index contributed by atoms with van der Waals surface area (Å²) < 4.78 is 0. The second-order valence-corrected chi connectivity index (χ2v) is 4.07. The van der Waals surface area contributed by atoms with E-state index in [-0.39, 0.29) is 0 Å². The Morgan fingerprint density at radius 1 is 1.14 bits per heavy atom. The molecule has 0 aromatic heterocycles. The summed E-state index contributed by atoms with van der Waals surface area (Å²) in [4.78, 5) is 0. The van der Waals surface area contributed by atoms with Gasteiger partial charge in [0.2, 0.25) is 0 Å². The zero-order valence-electron chi connectivity index (χ0n) is 10.2. The number of hydrogen-bond acceptors (Lipinski definition) is 1. The van der Waals surface area contributed by atoms with Gasteiger partial charge in [0.15, 0.2) is 0 Å². The van der Waals surface area contributed by atoms with Gasteiger partial charge < -0.3 is 5.32 Å². The minimum absolute atomic E-state index is 1.02. The van der Waals surface area contributed by atoms with E-state index in [1.54, 1.807) is 0 Å². The predicted octanol–water partition coefficient (Wildman–Crippen LogP) is 3.68. The van der Waals surface area contributed by atoms with E-state index in [0.717, 1.165) is 13.1 Å². The van der Waals surface area contributed by atoms with Gasteiger partial charge in [0.25, 0.3) is 0 Å². The van der Waals surface area contributed by atoms with Gasteiger partial charge in [0, 0.05) is 6.54 Å². The molecule has 1 nitrogen and oxygen atoms in total. The number of hydrogen-bond donors (Lipinski definition) is 1. The highest BCUT2D eigenvalue weighted by molar-refractivity contribution is 5.02. The van der Waals surface area contributed by atoms with E-state index in [9.17, 15) is 0 Å². The summed E-state index contributed by atoms with van der Waals surface area (Å²) in [5.41, 5.74) is 2.91. The van der Waals surface area contributed by atoms with Crippen molar-refractivity contribution in [3.8, 4) is 0 Å². The molecule has 0 atom stereocenters. The maximum atomic E-state index is 3.37. The van der Waals surface area contributed by atoms with E-state index in [4.69, 9.17) is 0 Å². The molecular formula is C13H25N. The van der Waals surface area contributed by atoms with Crippen LogP contribution in [0.15, 0.2) is 23.3 Å². The van der Waals surface area contributed by atoms with Crippen LogP contribution in [0.3, 0.4) is 0 Å². The van der Waals surface area contributed by atoms with Crippen molar-refractivity contribution in [3.63, 3.8) is 0 Å². The van der Waals surface area contributed by atoms with Crippen LogP contribution in [0.25, 0.3) is 0 Å². The Balaban J connectivity index is 3.52. The van der Waals surface area contributed by atoms with Crippen LogP contribution >= 0.6 is 0 Å². The number of nitrogens with one attached hydrogen (secondary N) is 1. The average molecular weight is 195 g/mol. The van der Waals surface area contributed by atoms with Crippen LogP contribution in [0.5, 0.6) is 0 Å². The van der Waals surface area contributed by atoms with E-state index in [2.05, 4.69) is 45.2 Å². The Hall–Kier alpha value is -0.560. The summed E-state index contributed by atoms with van der Waals surface area (Å²) in [6, 6.07) is 0. The standard InChI is InChI=1S/C13H25N/c1-5-10-14-11-9-13(4)8-6-7-12(2)3/h7,9,14H,5-6,8,10-11H2,1-4H3/b13-9+. The highest BCUT2D eigenvalue weighted by Gasteiger charge is 1.88. The van der Waals surface area contributed by atoms with Crippen molar-refractivity contribution >= 4 is 0 Å². The lowest BCUT2D eigenvalue weighted by atomic mass is 10.1. The zero-order chi connectivity index (χ0) is 10.8. The number of rotatable bonds is 7. The fraction of sp³-hybridized carbons (Fsp3) is 0.692. The highest BCUT2D eigenvalue weighted by Crippen LogP contribution is 2.05. The first-order valence-corrected chi connectivity index (χ1v) is 5.66. The smallest absolute Gasteiger partial charge is 0.0137 e. The van der Waals surface area contributed by atoms with Crippen LogP contribution in [0.4, 0.5) is 0 Å². The zero-order valence-corrected chi connectivity index (χ0v) is 10.2. The second-order valence-electron chi connectivity index (χ2n) is 4.07. The molecule has 0 amide bonds. The molecule has 0 aromatic carbocycles. The number of allylic oxidation sites excluding steroid dienone is 3. The van der Waals surface area contributed by atoms with E-state index < -0.39 is 0 Å². The van der Waals surface area contributed by atoms with Gasteiger partial charge >= 0.3 is 0 Å². The predicted molar refractivity (Wildman–Crippen MR) is 65.6 cm³/mol. The van der Waals surface area contributed by atoms with Crippen molar-refractivity contribution in [1.82, 2.24) is 5.32 Å². The minimum Gasteiger partial charge on any atom is -0.313 e. The van der Waals surface area contributed by atoms with Crippen molar-refractivity contribution in [2.45, 2.75) is 47.0 Å². The summed E-state index contributed by atoms with van der Waals surface area (Å²) in [6.07, 6.45) is 8.19. The lowest BCUT2D eigenvalue weighted by molar-refractivity contribution is 0.725. The monoisotopic (exact) mass is 195 g/mol. The molecule has 0 aliphatic rings. The molecule has 0 saturated heterocycles. The third-order valence-corrected chi connectivity index (χ3v) is 2.11. The van der Waals surface area contributed by atoms with Gasteiger partial charge in [-0.2, -0.15) is 0 Å². The molecule has 0 saturated carbocycles. The van der Waals surface area contributed by atoms with Gasteiger partial charge in [-0.05, 0) is 46.6 Å². The first-order valence-electron chi connectivity index (χ1n) is 5.66. The molecule has 0 aliphatic carbocycles. The molecule has 0 rings (SSSR count). The normalized spacial score (nSPS) is 11.6. The molecule has 1 heteroatoms. The molecule has 0 bridgehead atoms. The molecular weight excluding hydrogens is 170 g/mol. The second kappa shape index (κ2) is 9.01. The molecule has 0 fully saturated rings. The lowest BCUT2D eigenvalue weighted by Gasteiger charge is -2.01. The highest BCUT2D eigenvalue weighted by atomic mass is 14.8. The van der Waals surface area contributed by atoms with E-state index in [1.807, 2.05) is 0 Å². The molecule has 82 valence electrons. The lowest BCUT2D eigenvalue weighted by Crippen LogP contribution is -2.14. The Kier molecular flexibility index (Phi) is 8.65. The third-order valence-electron chi connectivity index (χ3n) is 2.11. The maximum Gasteiger partial charge on any atom is 0.0137 e. The van der Waals surface area contributed by atoms with E-state index in [1.165, 1.54) is 30.4 Å². The molecule has 0 radical (unpaired) electrons. The first-order chi connectivity index (χ1) is 6.66. The van der Waals surface area contributed by atoms with Crippen molar-refractivity contribution in [1.29, 1.82) is 0 Å². The van der Waals surface area contributed by atoms with Crippen molar-refractivity contribution < 1.29 is 0 Å². The Labute approximate surface area is 89.3 Å². The topological polar surface area (TPSA) is 12.0 Å². The van der Waals surface area contributed by atoms with Gasteiger partial charge in [-0.1, -0.05) is 30.2 Å². The molecule has 0 aromatic rings. The van der Waals surface area contributed by atoms with Gasteiger partial charge in [-0.3, -0.25) is 0 Å². The van der Waals surface area contributed by atoms with Gasteiger partial charge in [0.05, 0.1) is 0 Å². The van der Waals surface area contributed by atoms with Crippen LogP contribution in [-0.4, -0.2) is 13.1 Å². The molecule has 0 spiro atoms. The molecule has 0 heterocycles. The molecule has 14 heavy (non-hydrogen) atoms. The summed E-state index contributed by atoms with van der Waals surface area (Å²) in [5, 5.41) is 3.37. The van der Waals surface area contributed by atoms with Crippen molar-refractivity contribution in [2.75, 3.05) is 13.1 Å². The quantitative estimate of drug-likeness (QED) is 0.482.